The van der Waals surface area contributed by atoms with Gasteiger partial charge in [-0.3, -0.25) is 0 Å². The van der Waals surface area contributed by atoms with E-state index >= 15 is 0 Å². The van der Waals surface area contributed by atoms with Crippen LogP contribution in [0.1, 0.15) is 12.8 Å². The monoisotopic (exact) mass is 252 g/mol. The Morgan fingerprint density at radius 2 is 1.72 bits per heavy atom. The molecular formula is C14H24N2O2. The van der Waals surface area contributed by atoms with E-state index in [1.165, 1.54) is 5.69 Å². The van der Waals surface area contributed by atoms with Crippen molar-refractivity contribution in [3.8, 4) is 5.75 Å². The van der Waals surface area contributed by atoms with Gasteiger partial charge in [-0.05, 0) is 43.7 Å². The molecule has 0 fully saturated rings. The minimum Gasteiger partial charge on any atom is -0.497 e. The molecule has 0 bridgehead atoms. The Bertz CT molecular complexity index is 314. The molecule has 1 aromatic rings. The van der Waals surface area contributed by atoms with Crippen LogP contribution >= 0.6 is 0 Å². The van der Waals surface area contributed by atoms with Crippen molar-refractivity contribution >= 4 is 5.69 Å². The van der Waals surface area contributed by atoms with Gasteiger partial charge in [0.2, 0.25) is 0 Å². The maximum absolute atomic E-state index is 5.58. The lowest BCUT2D eigenvalue weighted by atomic mass is 10.2. The average molecular weight is 252 g/mol. The van der Waals surface area contributed by atoms with Gasteiger partial charge >= 0.3 is 0 Å². The molecule has 0 aliphatic rings. The minimum absolute atomic E-state index is 0.719. The molecule has 18 heavy (non-hydrogen) atoms. The fourth-order valence-electron chi connectivity index (χ4n) is 1.84. The van der Waals surface area contributed by atoms with Crippen molar-refractivity contribution in [2.45, 2.75) is 12.8 Å². The lowest BCUT2D eigenvalue weighted by Crippen LogP contribution is -2.27. The van der Waals surface area contributed by atoms with Gasteiger partial charge in [0, 0.05) is 32.5 Å². The van der Waals surface area contributed by atoms with Crippen LogP contribution in [0.5, 0.6) is 5.75 Å². The molecule has 0 saturated carbocycles. The number of methoxy groups -OCH3 is 2. The molecule has 0 spiro atoms. The van der Waals surface area contributed by atoms with E-state index in [1.807, 2.05) is 12.1 Å². The van der Waals surface area contributed by atoms with Crippen LogP contribution in [0.2, 0.25) is 0 Å². The molecule has 0 saturated heterocycles. The minimum atomic E-state index is 0.719. The Morgan fingerprint density at radius 3 is 2.28 bits per heavy atom. The highest BCUT2D eigenvalue weighted by Crippen LogP contribution is 2.19. The summed E-state index contributed by atoms with van der Waals surface area (Å²) in [6.45, 7) is 3.47. The second-order valence-corrected chi connectivity index (χ2v) is 4.17. The van der Waals surface area contributed by atoms with Gasteiger partial charge < -0.3 is 20.1 Å². The van der Waals surface area contributed by atoms with Gasteiger partial charge in [0.05, 0.1) is 7.11 Å². The van der Waals surface area contributed by atoms with Crippen molar-refractivity contribution < 1.29 is 9.47 Å². The Labute approximate surface area is 110 Å². The SMILES string of the molecule is COCCCN(CCCN)c1ccc(OC)cc1. The van der Waals surface area contributed by atoms with E-state index in [0.29, 0.717) is 0 Å². The third-order valence-corrected chi connectivity index (χ3v) is 2.85. The molecule has 0 unspecified atom stereocenters. The van der Waals surface area contributed by atoms with E-state index in [-0.39, 0.29) is 0 Å². The molecule has 0 aliphatic carbocycles. The number of nitrogens with two attached hydrogens (primary N) is 1. The van der Waals surface area contributed by atoms with E-state index in [1.54, 1.807) is 14.2 Å². The smallest absolute Gasteiger partial charge is 0.119 e. The molecule has 2 N–H and O–H groups in total. The number of anilines is 1. The molecule has 102 valence electrons. The van der Waals surface area contributed by atoms with Crippen LogP contribution in [0.3, 0.4) is 0 Å². The van der Waals surface area contributed by atoms with Crippen molar-refractivity contribution in [2.24, 2.45) is 5.73 Å². The van der Waals surface area contributed by atoms with Crippen molar-refractivity contribution in [1.29, 1.82) is 0 Å². The van der Waals surface area contributed by atoms with Gasteiger partial charge in [-0.2, -0.15) is 0 Å². The van der Waals surface area contributed by atoms with E-state index in [4.69, 9.17) is 15.2 Å². The zero-order chi connectivity index (χ0) is 13.2. The van der Waals surface area contributed by atoms with E-state index < -0.39 is 0 Å². The second kappa shape index (κ2) is 8.78. The summed E-state index contributed by atoms with van der Waals surface area (Å²) in [6, 6.07) is 8.15. The first-order valence-corrected chi connectivity index (χ1v) is 6.39. The zero-order valence-electron chi connectivity index (χ0n) is 11.4. The van der Waals surface area contributed by atoms with E-state index in [2.05, 4.69) is 17.0 Å². The van der Waals surface area contributed by atoms with Crippen LogP contribution in [0, 0.1) is 0 Å². The predicted octanol–water partition coefficient (Wildman–Crippen LogP) is 1.89. The van der Waals surface area contributed by atoms with Gasteiger partial charge in [-0.1, -0.05) is 0 Å². The standard InChI is InChI=1S/C14H24N2O2/c1-17-12-4-11-16(10-3-9-15)13-5-7-14(18-2)8-6-13/h5-8H,3-4,9-12,15H2,1-2H3. The van der Waals surface area contributed by atoms with Crippen LogP contribution in [0.4, 0.5) is 5.69 Å². The molecule has 0 radical (unpaired) electrons. The fourth-order valence-corrected chi connectivity index (χ4v) is 1.84. The van der Waals surface area contributed by atoms with Gasteiger partial charge in [-0.25, -0.2) is 0 Å². The molecule has 1 aromatic carbocycles. The van der Waals surface area contributed by atoms with Crippen molar-refractivity contribution in [2.75, 3.05) is 45.4 Å². The summed E-state index contributed by atoms with van der Waals surface area (Å²) in [6.07, 6.45) is 2.02. The molecular weight excluding hydrogens is 228 g/mol. The zero-order valence-corrected chi connectivity index (χ0v) is 11.4. The summed E-state index contributed by atoms with van der Waals surface area (Å²) in [7, 11) is 3.41. The summed E-state index contributed by atoms with van der Waals surface area (Å²) in [5, 5.41) is 0. The molecule has 0 aromatic heterocycles. The lowest BCUT2D eigenvalue weighted by molar-refractivity contribution is 0.196. The summed E-state index contributed by atoms with van der Waals surface area (Å²) >= 11 is 0. The largest absolute Gasteiger partial charge is 0.497 e. The molecule has 0 amide bonds. The Kier molecular flexibility index (Phi) is 7.22. The second-order valence-electron chi connectivity index (χ2n) is 4.17. The van der Waals surface area contributed by atoms with Crippen LogP contribution < -0.4 is 15.4 Å². The number of nitrogens with zero attached hydrogens (tertiary/aromatic N) is 1. The van der Waals surface area contributed by atoms with Gasteiger partial charge in [0.1, 0.15) is 5.75 Å². The predicted molar refractivity (Wildman–Crippen MR) is 75.4 cm³/mol. The first-order valence-electron chi connectivity index (χ1n) is 6.39. The van der Waals surface area contributed by atoms with Crippen LogP contribution in [-0.4, -0.2) is 40.5 Å². The summed E-state index contributed by atoms with van der Waals surface area (Å²) in [4.78, 5) is 2.34. The number of rotatable bonds is 9. The lowest BCUT2D eigenvalue weighted by Gasteiger charge is -2.24. The fraction of sp³-hybridized carbons (Fsp3) is 0.571. The summed E-state index contributed by atoms with van der Waals surface area (Å²) in [5.74, 6) is 0.884. The van der Waals surface area contributed by atoms with Crippen LogP contribution in [0.25, 0.3) is 0 Å². The number of benzene rings is 1. The molecule has 0 aliphatic heterocycles. The van der Waals surface area contributed by atoms with Crippen molar-refractivity contribution in [3.05, 3.63) is 24.3 Å². The number of hydrogen-bond donors (Lipinski definition) is 1. The molecule has 0 heterocycles. The number of ether oxygens (including phenoxy) is 2. The highest BCUT2D eigenvalue weighted by Gasteiger charge is 2.05. The number of hydrogen-bond acceptors (Lipinski definition) is 4. The van der Waals surface area contributed by atoms with Crippen molar-refractivity contribution in [3.63, 3.8) is 0 Å². The summed E-state index contributed by atoms with van der Waals surface area (Å²) in [5.41, 5.74) is 6.79. The Morgan fingerprint density at radius 1 is 1.06 bits per heavy atom. The third-order valence-electron chi connectivity index (χ3n) is 2.85. The van der Waals surface area contributed by atoms with Crippen LogP contribution in [0.15, 0.2) is 24.3 Å². The third kappa shape index (κ3) is 4.94. The Balaban J connectivity index is 2.60. The first-order chi connectivity index (χ1) is 8.81. The maximum Gasteiger partial charge on any atom is 0.119 e. The highest BCUT2D eigenvalue weighted by molar-refractivity contribution is 5.49. The van der Waals surface area contributed by atoms with E-state index in [0.717, 1.165) is 44.8 Å². The Hall–Kier alpha value is -1.26. The molecule has 4 nitrogen and oxygen atoms in total. The average Bonchev–Trinajstić information content (AvgIpc) is 2.43. The van der Waals surface area contributed by atoms with Crippen LogP contribution in [-0.2, 0) is 4.74 Å². The highest BCUT2D eigenvalue weighted by atomic mass is 16.5. The maximum atomic E-state index is 5.58. The topological polar surface area (TPSA) is 47.7 Å². The normalized spacial score (nSPS) is 10.4. The van der Waals surface area contributed by atoms with Gasteiger partial charge in [0.15, 0.2) is 0 Å². The molecule has 1 rings (SSSR count). The van der Waals surface area contributed by atoms with Crippen molar-refractivity contribution in [1.82, 2.24) is 0 Å². The molecule has 4 heteroatoms. The quantitative estimate of drug-likeness (QED) is 0.682. The molecule has 0 atom stereocenters. The first kappa shape index (κ1) is 14.8. The van der Waals surface area contributed by atoms with Gasteiger partial charge in [-0.15, -0.1) is 0 Å². The van der Waals surface area contributed by atoms with E-state index in [9.17, 15) is 0 Å². The van der Waals surface area contributed by atoms with Gasteiger partial charge in [0.25, 0.3) is 0 Å². The summed E-state index contributed by atoms with van der Waals surface area (Å²) < 4.78 is 10.3.